The quantitative estimate of drug-likeness (QED) is 0.911. The summed E-state index contributed by atoms with van der Waals surface area (Å²) < 4.78 is 0. The monoisotopic (exact) mass is 320 g/mol. The molecule has 0 aromatic carbocycles. The minimum Gasteiger partial charge on any atom is -0.314 e. The lowest BCUT2D eigenvalue weighted by molar-refractivity contribution is 0.158. The van der Waals surface area contributed by atoms with Gasteiger partial charge in [0.2, 0.25) is 0 Å². The summed E-state index contributed by atoms with van der Waals surface area (Å²) in [6, 6.07) is 2.92. The Bertz CT molecular complexity index is 383. The van der Waals surface area contributed by atoms with Crippen LogP contribution in [0.1, 0.15) is 30.6 Å². The molecule has 0 saturated carbocycles. The van der Waals surface area contributed by atoms with Crippen LogP contribution in [0.2, 0.25) is 5.02 Å². The number of rotatable bonds is 3. The van der Waals surface area contributed by atoms with Crippen LogP contribution in [0.25, 0.3) is 0 Å². The molecule has 108 valence electrons. The Morgan fingerprint density at radius 2 is 2.11 bits per heavy atom. The number of hydrogen-bond acceptors (Lipinski definition) is 3. The van der Waals surface area contributed by atoms with Crippen LogP contribution in [-0.4, -0.2) is 30.6 Å². The van der Waals surface area contributed by atoms with E-state index in [1.807, 2.05) is 5.38 Å². The van der Waals surface area contributed by atoms with Gasteiger partial charge in [0.15, 0.2) is 0 Å². The molecule has 2 nitrogen and oxygen atoms in total. The fourth-order valence-electron chi connectivity index (χ4n) is 3.28. The van der Waals surface area contributed by atoms with E-state index in [4.69, 9.17) is 11.6 Å². The number of halogens is 2. The van der Waals surface area contributed by atoms with Gasteiger partial charge in [-0.05, 0) is 57.3 Å². The number of hydrogen-bond donors (Lipinski definition) is 1. The van der Waals surface area contributed by atoms with Crippen LogP contribution in [-0.2, 0) is 6.54 Å². The molecular formula is C14H22Cl2N2S. The van der Waals surface area contributed by atoms with Crippen molar-refractivity contribution >= 4 is 35.3 Å². The summed E-state index contributed by atoms with van der Waals surface area (Å²) in [6.45, 7) is 4.82. The van der Waals surface area contributed by atoms with Crippen LogP contribution in [0.4, 0.5) is 0 Å². The molecule has 0 aliphatic carbocycles. The normalized spacial score (nSPS) is 25.4. The van der Waals surface area contributed by atoms with Gasteiger partial charge in [-0.1, -0.05) is 11.6 Å². The van der Waals surface area contributed by atoms with E-state index in [2.05, 4.69) is 16.3 Å². The van der Waals surface area contributed by atoms with Gasteiger partial charge in [0.25, 0.3) is 0 Å². The van der Waals surface area contributed by atoms with Crippen LogP contribution < -0.4 is 5.32 Å². The molecule has 0 amide bonds. The highest BCUT2D eigenvalue weighted by Crippen LogP contribution is 2.27. The molecule has 1 aromatic heterocycles. The van der Waals surface area contributed by atoms with Gasteiger partial charge in [-0.15, -0.1) is 23.7 Å². The summed E-state index contributed by atoms with van der Waals surface area (Å²) in [5.41, 5.74) is 0. The van der Waals surface area contributed by atoms with Gasteiger partial charge in [0, 0.05) is 22.8 Å². The summed E-state index contributed by atoms with van der Waals surface area (Å²) in [7, 11) is 0. The third-order valence-corrected chi connectivity index (χ3v) is 5.57. The zero-order valence-corrected chi connectivity index (χ0v) is 13.5. The molecule has 3 rings (SSSR count). The number of likely N-dealkylation sites (tertiary alicyclic amines) is 1. The third-order valence-electron chi connectivity index (χ3n) is 4.30. The summed E-state index contributed by atoms with van der Waals surface area (Å²) >= 11 is 7.75. The van der Waals surface area contributed by atoms with E-state index in [1.54, 1.807) is 11.3 Å². The van der Waals surface area contributed by atoms with Gasteiger partial charge in [0.1, 0.15) is 0 Å². The summed E-state index contributed by atoms with van der Waals surface area (Å²) in [4.78, 5) is 3.98. The fourth-order valence-corrected chi connectivity index (χ4v) is 4.40. The molecule has 0 spiro atoms. The van der Waals surface area contributed by atoms with Gasteiger partial charge in [-0.25, -0.2) is 0 Å². The predicted octanol–water partition coefficient (Wildman–Crippen LogP) is 3.79. The van der Waals surface area contributed by atoms with E-state index in [-0.39, 0.29) is 12.4 Å². The minimum absolute atomic E-state index is 0. The van der Waals surface area contributed by atoms with Gasteiger partial charge < -0.3 is 5.32 Å². The van der Waals surface area contributed by atoms with Crippen LogP contribution in [0.3, 0.4) is 0 Å². The fraction of sp³-hybridized carbons (Fsp3) is 0.714. The van der Waals surface area contributed by atoms with Gasteiger partial charge in [0.05, 0.1) is 5.02 Å². The SMILES string of the molecule is Cl.Clc1csc(CN2CCC(C3CCCN3)CC2)c1. The highest BCUT2D eigenvalue weighted by atomic mass is 35.5. The summed E-state index contributed by atoms with van der Waals surface area (Å²) in [5, 5.41) is 6.58. The van der Waals surface area contributed by atoms with Crippen molar-refractivity contribution in [1.29, 1.82) is 0 Å². The summed E-state index contributed by atoms with van der Waals surface area (Å²) in [5.74, 6) is 0.913. The van der Waals surface area contributed by atoms with E-state index in [0.29, 0.717) is 0 Å². The lowest BCUT2D eigenvalue weighted by atomic mass is 9.88. The van der Waals surface area contributed by atoms with Crippen LogP contribution in [0.15, 0.2) is 11.4 Å². The Balaban J connectivity index is 0.00000133. The molecule has 2 aliphatic rings. The van der Waals surface area contributed by atoms with Gasteiger partial charge in [-0.3, -0.25) is 4.90 Å². The maximum Gasteiger partial charge on any atom is 0.0516 e. The molecule has 0 radical (unpaired) electrons. The van der Waals surface area contributed by atoms with Crippen LogP contribution >= 0.6 is 35.3 Å². The smallest absolute Gasteiger partial charge is 0.0516 e. The van der Waals surface area contributed by atoms with Gasteiger partial charge >= 0.3 is 0 Å². The molecule has 3 heterocycles. The van der Waals surface area contributed by atoms with Crippen molar-refractivity contribution < 1.29 is 0 Å². The average molecular weight is 321 g/mol. The number of nitrogens with one attached hydrogen (secondary N) is 1. The number of nitrogens with zero attached hydrogens (tertiary/aromatic N) is 1. The second-order valence-corrected chi connectivity index (χ2v) is 6.98. The zero-order chi connectivity index (χ0) is 12.4. The Hall–Kier alpha value is 0.200. The van der Waals surface area contributed by atoms with Crippen LogP contribution in [0.5, 0.6) is 0 Å². The van der Waals surface area contributed by atoms with Gasteiger partial charge in [-0.2, -0.15) is 0 Å². The second kappa shape index (κ2) is 7.28. The average Bonchev–Trinajstić information content (AvgIpc) is 3.02. The molecule has 2 aliphatic heterocycles. The van der Waals surface area contributed by atoms with Crippen molar-refractivity contribution in [1.82, 2.24) is 10.2 Å². The first-order valence-corrected chi connectivity index (χ1v) is 8.25. The van der Waals surface area contributed by atoms with E-state index in [9.17, 15) is 0 Å². The predicted molar refractivity (Wildman–Crippen MR) is 85.6 cm³/mol. The molecule has 0 bridgehead atoms. The number of piperidine rings is 1. The number of thiophene rings is 1. The van der Waals surface area contributed by atoms with Crippen molar-refractivity contribution in [2.75, 3.05) is 19.6 Å². The Kier molecular flexibility index (Phi) is 5.97. The molecule has 5 heteroatoms. The summed E-state index contributed by atoms with van der Waals surface area (Å²) in [6.07, 6.45) is 5.48. The first-order valence-electron chi connectivity index (χ1n) is 7.00. The molecule has 2 saturated heterocycles. The van der Waals surface area contributed by atoms with Crippen LogP contribution in [0, 0.1) is 5.92 Å². The van der Waals surface area contributed by atoms with E-state index < -0.39 is 0 Å². The van der Waals surface area contributed by atoms with Crippen molar-refractivity contribution in [3.63, 3.8) is 0 Å². The molecule has 1 N–H and O–H groups in total. The van der Waals surface area contributed by atoms with Crippen molar-refractivity contribution in [3.8, 4) is 0 Å². The van der Waals surface area contributed by atoms with Crippen molar-refractivity contribution in [2.45, 2.75) is 38.3 Å². The Morgan fingerprint density at radius 3 is 2.68 bits per heavy atom. The topological polar surface area (TPSA) is 15.3 Å². The molecule has 1 atom stereocenters. The first kappa shape index (κ1) is 15.6. The Labute approximate surface area is 130 Å². The highest BCUT2D eigenvalue weighted by Gasteiger charge is 2.28. The maximum absolute atomic E-state index is 5.97. The van der Waals surface area contributed by atoms with E-state index >= 15 is 0 Å². The molecule has 19 heavy (non-hydrogen) atoms. The standard InChI is InChI=1S/C14H21ClN2S.ClH/c15-12-8-13(18-10-12)9-17-6-3-11(4-7-17)14-2-1-5-16-14;/h8,10-11,14,16H,1-7,9H2;1H. The second-order valence-electron chi connectivity index (χ2n) is 5.55. The van der Waals surface area contributed by atoms with E-state index in [0.717, 1.165) is 23.5 Å². The third kappa shape index (κ3) is 4.08. The van der Waals surface area contributed by atoms with E-state index in [1.165, 1.54) is 50.2 Å². The molecule has 1 unspecified atom stereocenters. The zero-order valence-electron chi connectivity index (χ0n) is 11.1. The van der Waals surface area contributed by atoms with Crippen molar-refractivity contribution in [2.24, 2.45) is 5.92 Å². The minimum atomic E-state index is 0. The molecule has 1 aromatic rings. The van der Waals surface area contributed by atoms with Crippen molar-refractivity contribution in [3.05, 3.63) is 21.3 Å². The maximum atomic E-state index is 5.97. The molecular weight excluding hydrogens is 299 g/mol. The molecule has 2 fully saturated rings. The first-order chi connectivity index (χ1) is 8.81. The largest absolute Gasteiger partial charge is 0.314 e. The Morgan fingerprint density at radius 1 is 1.32 bits per heavy atom. The lowest BCUT2D eigenvalue weighted by Gasteiger charge is -2.34. The highest BCUT2D eigenvalue weighted by molar-refractivity contribution is 7.10. The lowest BCUT2D eigenvalue weighted by Crippen LogP contribution is -2.40.